The average Bonchev–Trinajstić information content (AvgIpc) is 2.41. The van der Waals surface area contributed by atoms with Crippen LogP contribution in [0.1, 0.15) is 13.8 Å². The van der Waals surface area contributed by atoms with Crippen molar-refractivity contribution in [3.8, 4) is 5.75 Å². The Morgan fingerprint density at radius 3 is 2.57 bits per heavy atom. The van der Waals surface area contributed by atoms with Gasteiger partial charge < -0.3 is 4.74 Å². The van der Waals surface area contributed by atoms with Crippen LogP contribution in [0.2, 0.25) is 0 Å². The first-order valence-electron chi connectivity index (χ1n) is 6.15. The summed E-state index contributed by atoms with van der Waals surface area (Å²) in [4.78, 5) is 11.8. The highest BCUT2D eigenvalue weighted by Gasteiger charge is 2.21. The van der Waals surface area contributed by atoms with Crippen LogP contribution in [0.25, 0.3) is 0 Å². The molecular formula is C13H19N3O4S. The second-order valence-corrected chi connectivity index (χ2v) is 6.47. The minimum absolute atomic E-state index is 0.351. The molecule has 0 unspecified atom stereocenters. The summed E-state index contributed by atoms with van der Waals surface area (Å²) in [5.74, 6) is -0.0200. The van der Waals surface area contributed by atoms with Crippen molar-refractivity contribution >= 4 is 27.3 Å². The molecule has 0 aliphatic carbocycles. The molecular weight excluding hydrogens is 294 g/mol. The van der Waals surface area contributed by atoms with Crippen molar-refractivity contribution in [2.24, 2.45) is 5.10 Å². The third-order valence-electron chi connectivity index (χ3n) is 2.43. The fourth-order valence-electron chi connectivity index (χ4n) is 1.51. The highest BCUT2D eigenvalue weighted by atomic mass is 32.2. The third-order valence-corrected chi connectivity index (χ3v) is 3.57. The second-order valence-electron chi connectivity index (χ2n) is 4.57. The molecule has 116 valence electrons. The molecule has 0 aromatic heterocycles. The maximum Gasteiger partial charge on any atom is 0.260 e. The smallest absolute Gasteiger partial charge is 0.260 e. The van der Waals surface area contributed by atoms with Crippen molar-refractivity contribution in [2.75, 3.05) is 24.2 Å². The first kappa shape index (κ1) is 17.0. The van der Waals surface area contributed by atoms with Gasteiger partial charge in [-0.1, -0.05) is 6.07 Å². The Bertz CT molecular complexity index is 637. The molecule has 1 rings (SSSR count). The van der Waals surface area contributed by atoms with Gasteiger partial charge in [-0.3, -0.25) is 9.10 Å². The first-order chi connectivity index (χ1) is 9.74. The lowest BCUT2D eigenvalue weighted by Gasteiger charge is -2.21. The number of hydrogen-bond acceptors (Lipinski definition) is 5. The van der Waals surface area contributed by atoms with Crippen LogP contribution in [0.4, 0.5) is 5.69 Å². The minimum Gasteiger partial charge on any atom is -0.497 e. The van der Waals surface area contributed by atoms with Gasteiger partial charge in [-0.05, 0) is 26.0 Å². The van der Waals surface area contributed by atoms with Crippen LogP contribution in [0.5, 0.6) is 5.75 Å². The Labute approximate surface area is 124 Å². The molecule has 0 aliphatic heterocycles. The van der Waals surface area contributed by atoms with E-state index in [1.165, 1.54) is 7.11 Å². The number of ether oxygens (including phenoxy) is 1. The van der Waals surface area contributed by atoms with Gasteiger partial charge in [0.05, 0.1) is 19.1 Å². The van der Waals surface area contributed by atoms with Crippen molar-refractivity contribution in [1.82, 2.24) is 5.43 Å². The van der Waals surface area contributed by atoms with E-state index in [0.29, 0.717) is 17.1 Å². The number of anilines is 1. The molecule has 1 aromatic rings. The molecule has 1 aromatic carbocycles. The van der Waals surface area contributed by atoms with E-state index in [2.05, 4.69) is 10.5 Å². The number of hydrazone groups is 1. The van der Waals surface area contributed by atoms with Crippen molar-refractivity contribution in [1.29, 1.82) is 0 Å². The van der Waals surface area contributed by atoms with E-state index < -0.39 is 15.9 Å². The molecule has 8 heteroatoms. The molecule has 1 N–H and O–H groups in total. The largest absolute Gasteiger partial charge is 0.497 e. The Morgan fingerprint density at radius 2 is 2.05 bits per heavy atom. The van der Waals surface area contributed by atoms with E-state index in [1.807, 2.05) is 0 Å². The maximum absolute atomic E-state index is 11.9. The summed E-state index contributed by atoms with van der Waals surface area (Å²) in [6.45, 7) is 3.08. The van der Waals surface area contributed by atoms with Crippen LogP contribution in [0, 0.1) is 0 Å². The van der Waals surface area contributed by atoms with E-state index in [9.17, 15) is 13.2 Å². The molecule has 0 bridgehead atoms. The third kappa shape index (κ3) is 5.42. The molecule has 0 spiro atoms. The molecule has 0 saturated heterocycles. The molecule has 1 amide bonds. The van der Waals surface area contributed by atoms with Crippen molar-refractivity contribution in [3.63, 3.8) is 0 Å². The van der Waals surface area contributed by atoms with Gasteiger partial charge in [0.2, 0.25) is 10.0 Å². The summed E-state index contributed by atoms with van der Waals surface area (Å²) in [5.41, 5.74) is 3.31. The Hall–Kier alpha value is -2.09. The first-order valence-corrected chi connectivity index (χ1v) is 8.00. The molecule has 0 radical (unpaired) electrons. The number of carbonyl (C=O) groups excluding carboxylic acids is 1. The monoisotopic (exact) mass is 313 g/mol. The molecule has 7 nitrogen and oxygen atoms in total. The quantitative estimate of drug-likeness (QED) is 0.626. The zero-order valence-electron chi connectivity index (χ0n) is 12.5. The van der Waals surface area contributed by atoms with E-state index >= 15 is 0 Å². The summed E-state index contributed by atoms with van der Waals surface area (Å²) >= 11 is 0. The van der Waals surface area contributed by atoms with Gasteiger partial charge >= 0.3 is 0 Å². The van der Waals surface area contributed by atoms with E-state index in [4.69, 9.17) is 4.74 Å². The lowest BCUT2D eigenvalue weighted by Crippen LogP contribution is -2.39. The molecule has 0 atom stereocenters. The number of nitrogens with zero attached hydrogens (tertiary/aromatic N) is 2. The van der Waals surface area contributed by atoms with Gasteiger partial charge in [0, 0.05) is 11.8 Å². The van der Waals surface area contributed by atoms with Gasteiger partial charge in [-0.25, -0.2) is 13.8 Å². The summed E-state index contributed by atoms with van der Waals surface area (Å²) < 4.78 is 29.8. The van der Waals surface area contributed by atoms with Crippen LogP contribution >= 0.6 is 0 Å². The lowest BCUT2D eigenvalue weighted by molar-refractivity contribution is -0.119. The highest BCUT2D eigenvalue weighted by Crippen LogP contribution is 2.22. The van der Waals surface area contributed by atoms with E-state index in [-0.39, 0.29) is 6.54 Å². The highest BCUT2D eigenvalue weighted by molar-refractivity contribution is 7.92. The fourth-order valence-corrected chi connectivity index (χ4v) is 2.35. The van der Waals surface area contributed by atoms with Crippen LogP contribution in [-0.2, 0) is 14.8 Å². The predicted molar refractivity (Wildman–Crippen MR) is 82.1 cm³/mol. The Balaban J connectivity index is 3.02. The summed E-state index contributed by atoms with van der Waals surface area (Å²) in [7, 11) is -2.13. The number of carbonyl (C=O) groups is 1. The maximum atomic E-state index is 11.9. The number of rotatable bonds is 6. The van der Waals surface area contributed by atoms with Crippen molar-refractivity contribution < 1.29 is 17.9 Å². The number of nitrogens with one attached hydrogen (secondary N) is 1. The lowest BCUT2D eigenvalue weighted by atomic mass is 10.3. The predicted octanol–water partition coefficient (Wildman–Crippen LogP) is 0.973. The fraction of sp³-hybridized carbons (Fsp3) is 0.385. The summed E-state index contributed by atoms with van der Waals surface area (Å²) in [6, 6.07) is 6.47. The van der Waals surface area contributed by atoms with Crippen molar-refractivity contribution in [2.45, 2.75) is 13.8 Å². The molecule has 21 heavy (non-hydrogen) atoms. The number of hydrogen-bond donors (Lipinski definition) is 1. The molecule has 0 heterocycles. The SMILES string of the molecule is COc1cccc(N(CC(=O)NN=C(C)C)S(C)(=O)=O)c1. The van der Waals surface area contributed by atoms with Gasteiger partial charge in [0.25, 0.3) is 5.91 Å². The van der Waals surface area contributed by atoms with Gasteiger partial charge in [0.1, 0.15) is 12.3 Å². The second kappa shape index (κ2) is 7.07. The number of methoxy groups -OCH3 is 1. The number of benzene rings is 1. The molecule has 0 saturated carbocycles. The zero-order valence-corrected chi connectivity index (χ0v) is 13.3. The summed E-state index contributed by atoms with van der Waals surface area (Å²) in [6.07, 6.45) is 1.04. The van der Waals surface area contributed by atoms with Gasteiger partial charge in [-0.15, -0.1) is 0 Å². The average molecular weight is 313 g/mol. The van der Waals surface area contributed by atoms with Crippen LogP contribution in [0.15, 0.2) is 29.4 Å². The number of sulfonamides is 1. The van der Waals surface area contributed by atoms with E-state index in [1.54, 1.807) is 38.1 Å². The Kier molecular flexibility index (Phi) is 5.71. The van der Waals surface area contributed by atoms with E-state index in [0.717, 1.165) is 10.6 Å². The molecule has 0 aliphatic rings. The van der Waals surface area contributed by atoms with Gasteiger partial charge in [-0.2, -0.15) is 5.10 Å². The van der Waals surface area contributed by atoms with Crippen molar-refractivity contribution in [3.05, 3.63) is 24.3 Å². The topological polar surface area (TPSA) is 88.1 Å². The minimum atomic E-state index is -3.61. The summed E-state index contributed by atoms with van der Waals surface area (Å²) in [5, 5.41) is 3.76. The number of amides is 1. The normalized spacial score (nSPS) is 10.7. The van der Waals surface area contributed by atoms with Crippen LogP contribution in [0.3, 0.4) is 0 Å². The standard InChI is InChI=1S/C13H19N3O4S/c1-10(2)14-15-13(17)9-16(21(4,18)19)11-6-5-7-12(8-11)20-3/h5-8H,9H2,1-4H3,(H,15,17). The molecule has 0 fully saturated rings. The van der Waals surface area contributed by atoms with Crippen LogP contribution < -0.4 is 14.5 Å². The van der Waals surface area contributed by atoms with Gasteiger partial charge in [0.15, 0.2) is 0 Å². The zero-order chi connectivity index (χ0) is 16.0. The van der Waals surface area contributed by atoms with Crippen LogP contribution in [-0.4, -0.2) is 39.9 Å². The Morgan fingerprint density at radius 1 is 1.38 bits per heavy atom.